The van der Waals surface area contributed by atoms with Gasteiger partial charge in [-0.1, -0.05) is 172 Å². The molecule has 0 radical (unpaired) electrons. The van der Waals surface area contributed by atoms with E-state index in [0.717, 1.165) is 21.9 Å². The van der Waals surface area contributed by atoms with E-state index < -0.39 is 0 Å². The third-order valence-electron chi connectivity index (χ3n) is 12.6. The Bertz CT molecular complexity index is 3370. The first-order chi connectivity index (χ1) is 27.5. The third-order valence-corrected chi connectivity index (χ3v) is 12.6. The van der Waals surface area contributed by atoms with Crippen molar-refractivity contribution < 1.29 is 4.42 Å². The number of para-hydroxylation sites is 1. The van der Waals surface area contributed by atoms with Gasteiger partial charge in [0.15, 0.2) is 0 Å². The Labute approximate surface area is 325 Å². The molecule has 1 aliphatic carbocycles. The quantitative estimate of drug-likeness (QED) is 0.131. The van der Waals surface area contributed by atoms with Crippen molar-refractivity contribution >= 4 is 65.0 Å². The van der Waals surface area contributed by atoms with Crippen LogP contribution in [0.4, 0.5) is 0 Å². The topological polar surface area (TPSA) is 13.1 Å². The summed E-state index contributed by atoms with van der Waals surface area (Å²) in [5.74, 6) is 0. The Morgan fingerprint density at radius 1 is 0.321 bits per heavy atom. The predicted octanol–water partition coefficient (Wildman–Crippen LogP) is 15.5. The van der Waals surface area contributed by atoms with Gasteiger partial charge in [-0.25, -0.2) is 0 Å². The second-order valence-electron chi connectivity index (χ2n) is 16.0. The van der Waals surface area contributed by atoms with Gasteiger partial charge in [0, 0.05) is 16.2 Å². The summed E-state index contributed by atoms with van der Waals surface area (Å²) in [6, 6.07) is 67.1. The van der Waals surface area contributed by atoms with Gasteiger partial charge in [0.05, 0.1) is 0 Å². The number of fused-ring (bicyclic) bond motifs is 13. The zero-order valence-electron chi connectivity index (χ0n) is 31.2. The Hall–Kier alpha value is -6.96. The van der Waals surface area contributed by atoms with Crippen molar-refractivity contribution in [2.75, 3.05) is 0 Å². The summed E-state index contributed by atoms with van der Waals surface area (Å²) >= 11 is 0. The van der Waals surface area contributed by atoms with E-state index in [2.05, 4.69) is 184 Å². The summed E-state index contributed by atoms with van der Waals surface area (Å²) in [5, 5.41) is 12.6. The molecular weight excluding hydrogens is 677 g/mol. The van der Waals surface area contributed by atoms with Crippen LogP contribution < -0.4 is 0 Å². The van der Waals surface area contributed by atoms with Crippen LogP contribution in [-0.2, 0) is 5.41 Å². The van der Waals surface area contributed by atoms with Crippen LogP contribution in [0, 0.1) is 0 Å². The lowest BCUT2D eigenvalue weighted by Gasteiger charge is -2.24. The first-order valence-corrected chi connectivity index (χ1v) is 19.6. The van der Waals surface area contributed by atoms with Crippen LogP contribution >= 0.6 is 0 Å². The van der Waals surface area contributed by atoms with Crippen LogP contribution in [0.5, 0.6) is 0 Å². The lowest BCUT2D eigenvalue weighted by atomic mass is 9.79. The summed E-state index contributed by atoms with van der Waals surface area (Å²) in [6.07, 6.45) is 0. The molecule has 0 aliphatic heterocycles. The van der Waals surface area contributed by atoms with E-state index in [1.54, 1.807) is 0 Å². The largest absolute Gasteiger partial charge is 0.456 e. The lowest BCUT2D eigenvalue weighted by molar-refractivity contribution is 0.666. The first kappa shape index (κ1) is 31.4. The molecule has 0 atom stereocenters. The molecule has 56 heavy (non-hydrogen) atoms. The van der Waals surface area contributed by atoms with Crippen LogP contribution in [-0.4, -0.2) is 0 Å². The molecule has 0 amide bonds. The Kier molecular flexibility index (Phi) is 6.46. The van der Waals surface area contributed by atoms with Gasteiger partial charge >= 0.3 is 0 Å². The molecule has 1 heteroatoms. The Balaban J connectivity index is 1.01. The monoisotopic (exact) mass is 712 g/mol. The van der Waals surface area contributed by atoms with E-state index in [-0.39, 0.29) is 5.41 Å². The average Bonchev–Trinajstić information content (AvgIpc) is 3.74. The first-order valence-electron chi connectivity index (χ1n) is 19.6. The Morgan fingerprint density at radius 2 is 0.768 bits per heavy atom. The summed E-state index contributed by atoms with van der Waals surface area (Å²) in [5.41, 5.74) is 14.7. The number of hydrogen-bond donors (Lipinski definition) is 0. The molecule has 0 spiro atoms. The molecule has 1 aromatic heterocycles. The van der Waals surface area contributed by atoms with Gasteiger partial charge in [-0.05, 0) is 123 Å². The second kappa shape index (κ2) is 11.5. The van der Waals surface area contributed by atoms with Crippen LogP contribution in [0.15, 0.2) is 186 Å². The molecule has 1 nitrogen and oxygen atoms in total. The molecule has 0 N–H and O–H groups in total. The Morgan fingerprint density at radius 3 is 1.41 bits per heavy atom. The standard InChI is InChI=1S/C55H36O/c1-55(2)48-29-27-35(31-47(48)53-40-16-5-3-13-37(40)38-14-4-10-21-45(38)54(53)55)33-23-25-34(26-24-33)51-41-17-6-8-19-43(41)52(44-20-9-7-18-42(44)51)36-28-30-50-46(32-36)39-15-11-12-22-49(39)56-50/h3-32H,1-2H3. The highest BCUT2D eigenvalue weighted by molar-refractivity contribution is 6.22. The fraction of sp³-hybridized carbons (Fsp3) is 0.0545. The third kappa shape index (κ3) is 4.31. The summed E-state index contributed by atoms with van der Waals surface area (Å²) in [7, 11) is 0. The highest BCUT2D eigenvalue weighted by Gasteiger charge is 2.38. The molecule has 0 saturated heterocycles. The molecule has 262 valence electrons. The number of benzene rings is 10. The molecule has 0 bridgehead atoms. The maximum absolute atomic E-state index is 6.22. The number of furan rings is 1. The van der Waals surface area contributed by atoms with Crippen molar-refractivity contribution in [1.29, 1.82) is 0 Å². The van der Waals surface area contributed by atoms with E-state index in [1.807, 2.05) is 12.1 Å². The molecule has 12 rings (SSSR count). The molecule has 0 fully saturated rings. The molecule has 1 heterocycles. The second-order valence-corrected chi connectivity index (χ2v) is 16.0. The maximum atomic E-state index is 6.22. The molecule has 1 aliphatic rings. The fourth-order valence-electron chi connectivity index (χ4n) is 10.1. The smallest absolute Gasteiger partial charge is 0.135 e. The van der Waals surface area contributed by atoms with Crippen LogP contribution in [0.2, 0.25) is 0 Å². The molecule has 0 saturated carbocycles. The number of hydrogen-bond acceptors (Lipinski definition) is 1. The molecule has 11 aromatic rings. The van der Waals surface area contributed by atoms with Crippen molar-refractivity contribution in [3.8, 4) is 44.5 Å². The van der Waals surface area contributed by atoms with Crippen molar-refractivity contribution in [3.63, 3.8) is 0 Å². The zero-order valence-corrected chi connectivity index (χ0v) is 31.2. The summed E-state index contributed by atoms with van der Waals surface area (Å²) in [6.45, 7) is 4.79. The number of rotatable bonds is 3. The van der Waals surface area contributed by atoms with Gasteiger partial charge in [0.25, 0.3) is 0 Å². The van der Waals surface area contributed by atoms with Crippen LogP contribution in [0.1, 0.15) is 25.0 Å². The van der Waals surface area contributed by atoms with Gasteiger partial charge < -0.3 is 4.42 Å². The lowest BCUT2D eigenvalue weighted by Crippen LogP contribution is -2.15. The molecule has 10 aromatic carbocycles. The fourth-order valence-corrected chi connectivity index (χ4v) is 10.1. The van der Waals surface area contributed by atoms with Crippen molar-refractivity contribution in [1.82, 2.24) is 0 Å². The van der Waals surface area contributed by atoms with Crippen molar-refractivity contribution in [3.05, 3.63) is 193 Å². The molecule has 0 unspecified atom stereocenters. The van der Waals surface area contributed by atoms with Gasteiger partial charge in [-0.15, -0.1) is 0 Å². The average molecular weight is 713 g/mol. The van der Waals surface area contributed by atoms with E-state index in [1.165, 1.54) is 98.7 Å². The minimum atomic E-state index is -0.108. The van der Waals surface area contributed by atoms with Crippen LogP contribution in [0.25, 0.3) is 110 Å². The van der Waals surface area contributed by atoms with Gasteiger partial charge in [-0.2, -0.15) is 0 Å². The maximum Gasteiger partial charge on any atom is 0.135 e. The van der Waals surface area contributed by atoms with Crippen LogP contribution in [0.3, 0.4) is 0 Å². The van der Waals surface area contributed by atoms with E-state index >= 15 is 0 Å². The van der Waals surface area contributed by atoms with E-state index in [9.17, 15) is 0 Å². The van der Waals surface area contributed by atoms with E-state index in [0.29, 0.717) is 0 Å². The van der Waals surface area contributed by atoms with Gasteiger partial charge in [-0.3, -0.25) is 0 Å². The van der Waals surface area contributed by atoms with Crippen molar-refractivity contribution in [2.24, 2.45) is 0 Å². The van der Waals surface area contributed by atoms with Gasteiger partial charge in [0.1, 0.15) is 11.2 Å². The highest BCUT2D eigenvalue weighted by atomic mass is 16.3. The zero-order chi connectivity index (χ0) is 37.1. The minimum absolute atomic E-state index is 0.108. The molecular formula is C55H36O. The predicted molar refractivity (Wildman–Crippen MR) is 238 cm³/mol. The van der Waals surface area contributed by atoms with Crippen molar-refractivity contribution in [2.45, 2.75) is 19.3 Å². The minimum Gasteiger partial charge on any atom is -0.456 e. The summed E-state index contributed by atoms with van der Waals surface area (Å²) in [4.78, 5) is 0. The van der Waals surface area contributed by atoms with E-state index in [4.69, 9.17) is 4.42 Å². The SMILES string of the molecule is CC1(C)c2ccc(-c3ccc(-c4c5ccccc5c(-c5ccc6oc7ccccc7c6c5)c5ccccc45)cc3)cc2-c2c1c1ccccc1c1ccccc21. The normalized spacial score (nSPS) is 13.3. The van der Waals surface area contributed by atoms with Gasteiger partial charge in [0.2, 0.25) is 0 Å². The highest BCUT2D eigenvalue weighted by Crippen LogP contribution is 2.55. The summed E-state index contributed by atoms with van der Waals surface area (Å²) < 4.78 is 6.22.